The van der Waals surface area contributed by atoms with E-state index in [4.69, 9.17) is 4.74 Å². The number of hydrogen-bond donors (Lipinski definition) is 4. The number of rotatable bonds is 9. The van der Waals surface area contributed by atoms with E-state index in [9.17, 15) is 19.8 Å². The smallest absolute Gasteiger partial charge is 0.286 e. The lowest BCUT2D eigenvalue weighted by molar-refractivity contribution is -0.118. The molecular weight excluding hydrogens is 416 g/mol. The first-order chi connectivity index (χ1) is 14.7. The molecule has 0 saturated carbocycles. The average molecular weight is 445 g/mol. The fraction of sp³-hybridized carbons (Fsp3) is 0.391. The topological polar surface area (TPSA) is 108 Å². The minimum Gasteiger partial charge on any atom is -0.507 e. The number of aryl methyl sites for hydroxylation is 2. The Morgan fingerprint density at radius 3 is 2.39 bits per heavy atom. The van der Waals surface area contributed by atoms with Crippen LogP contribution >= 0.6 is 11.8 Å². The number of phenolic OH excluding ortho intramolecular Hbond substituents is 1. The number of nitrogens with one attached hydrogen (secondary N) is 2. The highest BCUT2D eigenvalue weighted by molar-refractivity contribution is 8.15. The second kappa shape index (κ2) is 10.2. The number of benzene rings is 2. The summed E-state index contributed by atoms with van der Waals surface area (Å²) in [6, 6.07) is 11.1. The van der Waals surface area contributed by atoms with Crippen molar-refractivity contribution in [2.75, 3.05) is 13.2 Å². The minimum absolute atomic E-state index is 0.0123. The zero-order chi connectivity index (χ0) is 22.5. The van der Waals surface area contributed by atoms with Crippen LogP contribution in [0.5, 0.6) is 11.5 Å². The van der Waals surface area contributed by atoms with Crippen molar-refractivity contribution in [3.05, 3.63) is 58.7 Å². The summed E-state index contributed by atoms with van der Waals surface area (Å²) in [6.07, 6.45) is -0.188. The van der Waals surface area contributed by atoms with Crippen molar-refractivity contribution in [3.63, 3.8) is 0 Å². The predicted molar refractivity (Wildman–Crippen MR) is 121 cm³/mol. The highest BCUT2D eigenvalue weighted by Gasteiger charge is 2.31. The third kappa shape index (κ3) is 6.22. The highest BCUT2D eigenvalue weighted by Crippen LogP contribution is 2.26. The van der Waals surface area contributed by atoms with Crippen molar-refractivity contribution >= 4 is 22.9 Å². The molecule has 3 unspecified atom stereocenters. The van der Waals surface area contributed by atoms with Crippen LogP contribution in [0.1, 0.15) is 35.3 Å². The van der Waals surface area contributed by atoms with Gasteiger partial charge in [0.15, 0.2) is 0 Å². The maximum Gasteiger partial charge on any atom is 0.286 e. The van der Waals surface area contributed by atoms with Gasteiger partial charge < -0.3 is 20.3 Å². The first-order valence-corrected chi connectivity index (χ1v) is 11.1. The van der Waals surface area contributed by atoms with Crippen LogP contribution in [0.2, 0.25) is 0 Å². The largest absolute Gasteiger partial charge is 0.507 e. The number of phenols is 1. The van der Waals surface area contributed by atoms with Gasteiger partial charge in [-0.3, -0.25) is 14.9 Å². The summed E-state index contributed by atoms with van der Waals surface area (Å²) in [5.74, 6) is 0.729. The van der Waals surface area contributed by atoms with E-state index in [0.29, 0.717) is 25.3 Å². The number of ether oxygens (including phenoxy) is 1. The predicted octanol–water partition coefficient (Wildman–Crippen LogP) is 2.99. The summed E-state index contributed by atoms with van der Waals surface area (Å²) in [6.45, 7) is 6.40. The van der Waals surface area contributed by atoms with Crippen molar-refractivity contribution < 1.29 is 24.5 Å². The van der Waals surface area contributed by atoms with Gasteiger partial charge in [0, 0.05) is 12.6 Å². The van der Waals surface area contributed by atoms with E-state index in [1.54, 1.807) is 12.1 Å². The molecule has 2 aromatic carbocycles. The summed E-state index contributed by atoms with van der Waals surface area (Å²) >= 11 is 1.02. The first-order valence-electron chi connectivity index (χ1n) is 10.2. The third-order valence-electron chi connectivity index (χ3n) is 5.17. The van der Waals surface area contributed by atoms with Crippen molar-refractivity contribution in [2.45, 2.75) is 44.6 Å². The number of aliphatic hydroxyl groups excluding tert-OH is 1. The van der Waals surface area contributed by atoms with Crippen LogP contribution in [0.4, 0.5) is 4.79 Å². The van der Waals surface area contributed by atoms with Gasteiger partial charge in [-0.2, -0.15) is 0 Å². The van der Waals surface area contributed by atoms with Gasteiger partial charge in [-0.25, -0.2) is 0 Å². The van der Waals surface area contributed by atoms with Crippen LogP contribution in [0, 0.1) is 13.8 Å². The summed E-state index contributed by atoms with van der Waals surface area (Å²) in [5, 5.41) is 25.2. The van der Waals surface area contributed by atoms with Crippen LogP contribution in [-0.4, -0.2) is 45.8 Å². The highest BCUT2D eigenvalue weighted by atomic mass is 32.2. The number of aromatic hydroxyl groups is 1. The number of imide groups is 1. The number of hydrogen-bond acceptors (Lipinski definition) is 7. The summed E-state index contributed by atoms with van der Waals surface area (Å²) in [5.41, 5.74) is 3.21. The van der Waals surface area contributed by atoms with E-state index in [-0.39, 0.29) is 28.2 Å². The fourth-order valence-electron chi connectivity index (χ4n) is 3.36. The number of carbonyl (C=O) groups is 2. The Bertz CT molecular complexity index is 924. The maximum absolute atomic E-state index is 11.7. The Morgan fingerprint density at radius 2 is 1.81 bits per heavy atom. The standard InChI is InChI=1S/C23H28N2O5S/c1-13-8-17(9-14(2)21(13)27)19(26)11-24-15(3)12-30-18-6-4-16(5-7-18)10-20-22(28)25-23(29)31-20/h4-9,15,19-20,24,26-27H,10-12H2,1-3H3,(H,25,28,29). The molecule has 0 bridgehead atoms. The van der Waals surface area contributed by atoms with Crippen LogP contribution in [0.25, 0.3) is 0 Å². The van der Waals surface area contributed by atoms with Crippen molar-refractivity contribution in [1.29, 1.82) is 0 Å². The third-order valence-corrected chi connectivity index (χ3v) is 6.15. The fourth-order valence-corrected chi connectivity index (χ4v) is 4.22. The molecule has 4 N–H and O–H groups in total. The van der Waals surface area contributed by atoms with E-state index in [2.05, 4.69) is 10.6 Å². The summed E-state index contributed by atoms with van der Waals surface area (Å²) in [4.78, 5) is 22.9. The molecule has 0 aromatic heterocycles. The van der Waals surface area contributed by atoms with E-state index in [1.165, 1.54) is 0 Å². The van der Waals surface area contributed by atoms with Gasteiger partial charge in [-0.1, -0.05) is 23.9 Å². The molecule has 8 heteroatoms. The molecule has 166 valence electrons. The molecule has 7 nitrogen and oxygen atoms in total. The zero-order valence-electron chi connectivity index (χ0n) is 17.8. The zero-order valence-corrected chi connectivity index (χ0v) is 18.7. The first kappa shape index (κ1) is 23.1. The Hall–Kier alpha value is -2.55. The quantitative estimate of drug-likeness (QED) is 0.471. The number of amides is 2. The lowest BCUT2D eigenvalue weighted by Gasteiger charge is -2.19. The molecule has 1 aliphatic heterocycles. The Morgan fingerprint density at radius 1 is 1.16 bits per heavy atom. The minimum atomic E-state index is -0.683. The number of aliphatic hydroxyl groups is 1. The van der Waals surface area contributed by atoms with Gasteiger partial charge >= 0.3 is 0 Å². The van der Waals surface area contributed by atoms with Crippen LogP contribution < -0.4 is 15.4 Å². The van der Waals surface area contributed by atoms with E-state index < -0.39 is 6.10 Å². The van der Waals surface area contributed by atoms with E-state index in [0.717, 1.165) is 34.0 Å². The molecule has 1 saturated heterocycles. The van der Waals surface area contributed by atoms with Gasteiger partial charge in [-0.15, -0.1) is 0 Å². The van der Waals surface area contributed by atoms with Gasteiger partial charge in [0.25, 0.3) is 5.24 Å². The molecule has 0 aliphatic carbocycles. The Kier molecular flexibility index (Phi) is 7.59. The van der Waals surface area contributed by atoms with Crippen LogP contribution in [-0.2, 0) is 11.2 Å². The lowest BCUT2D eigenvalue weighted by Crippen LogP contribution is -2.35. The molecule has 1 aliphatic rings. The second-order valence-corrected chi connectivity index (χ2v) is 9.05. The van der Waals surface area contributed by atoms with Crippen LogP contribution in [0.3, 0.4) is 0 Å². The molecule has 1 fully saturated rings. The van der Waals surface area contributed by atoms with E-state index >= 15 is 0 Å². The average Bonchev–Trinajstić information content (AvgIpc) is 3.05. The molecule has 1 heterocycles. The van der Waals surface area contributed by atoms with Gasteiger partial charge in [-0.05, 0) is 73.7 Å². The van der Waals surface area contributed by atoms with Crippen molar-refractivity contribution in [3.8, 4) is 11.5 Å². The van der Waals surface area contributed by atoms with Gasteiger partial charge in [0.2, 0.25) is 5.91 Å². The molecule has 31 heavy (non-hydrogen) atoms. The lowest BCUT2D eigenvalue weighted by atomic mass is 10.0. The Labute approximate surface area is 186 Å². The molecule has 2 aromatic rings. The molecule has 0 radical (unpaired) electrons. The maximum atomic E-state index is 11.7. The van der Waals surface area contributed by atoms with Gasteiger partial charge in [0.1, 0.15) is 18.1 Å². The number of thioether (sulfide) groups is 1. The number of carbonyl (C=O) groups excluding carboxylic acids is 2. The van der Waals surface area contributed by atoms with Crippen molar-refractivity contribution in [1.82, 2.24) is 10.6 Å². The molecule has 0 spiro atoms. The van der Waals surface area contributed by atoms with Crippen molar-refractivity contribution in [2.24, 2.45) is 0 Å². The van der Waals surface area contributed by atoms with E-state index in [1.807, 2.05) is 45.0 Å². The summed E-state index contributed by atoms with van der Waals surface area (Å²) in [7, 11) is 0. The monoisotopic (exact) mass is 444 g/mol. The molecule has 3 atom stereocenters. The molecule has 2 amide bonds. The molecular formula is C23H28N2O5S. The molecule has 3 rings (SSSR count). The van der Waals surface area contributed by atoms with Gasteiger partial charge in [0.05, 0.1) is 11.4 Å². The summed E-state index contributed by atoms with van der Waals surface area (Å²) < 4.78 is 5.81. The normalized spacial score (nSPS) is 18.0. The second-order valence-electron chi connectivity index (χ2n) is 7.87. The van der Waals surface area contributed by atoms with Crippen LogP contribution in [0.15, 0.2) is 36.4 Å². The Balaban J connectivity index is 1.43. The SMILES string of the molecule is Cc1cc(C(O)CNC(C)COc2ccc(CC3SC(=O)NC3=O)cc2)cc(C)c1O.